The van der Waals surface area contributed by atoms with E-state index in [1.807, 2.05) is 38.1 Å². The number of benzene rings is 1. The van der Waals surface area contributed by atoms with E-state index in [-0.39, 0.29) is 5.91 Å². The van der Waals surface area contributed by atoms with Gasteiger partial charge in [0.25, 0.3) is 5.91 Å². The summed E-state index contributed by atoms with van der Waals surface area (Å²) in [7, 11) is 0. The van der Waals surface area contributed by atoms with Crippen molar-refractivity contribution in [2.75, 3.05) is 0 Å². The SMILES string of the molecule is CC(=NNC(=O)c1ccc(C)cc1)c1ccncc1. The van der Waals surface area contributed by atoms with Crippen LogP contribution in [0.3, 0.4) is 0 Å². The summed E-state index contributed by atoms with van der Waals surface area (Å²) >= 11 is 0. The molecule has 0 radical (unpaired) electrons. The van der Waals surface area contributed by atoms with E-state index >= 15 is 0 Å². The van der Waals surface area contributed by atoms with Crippen molar-refractivity contribution in [3.05, 3.63) is 65.5 Å². The molecule has 0 unspecified atom stereocenters. The van der Waals surface area contributed by atoms with Gasteiger partial charge < -0.3 is 0 Å². The van der Waals surface area contributed by atoms with Crippen LogP contribution in [0.5, 0.6) is 0 Å². The van der Waals surface area contributed by atoms with Gasteiger partial charge in [0.2, 0.25) is 0 Å². The highest BCUT2D eigenvalue weighted by Gasteiger charge is 2.04. The number of nitrogens with one attached hydrogen (secondary N) is 1. The number of aromatic nitrogens is 1. The van der Waals surface area contributed by atoms with E-state index in [0.29, 0.717) is 5.56 Å². The first kappa shape index (κ1) is 13.0. The zero-order valence-electron chi connectivity index (χ0n) is 10.9. The molecule has 2 aromatic rings. The van der Waals surface area contributed by atoms with Gasteiger partial charge in [0.15, 0.2) is 0 Å². The molecule has 0 aliphatic rings. The van der Waals surface area contributed by atoms with Gasteiger partial charge in [0.1, 0.15) is 0 Å². The smallest absolute Gasteiger partial charge is 0.267 e. The van der Waals surface area contributed by atoms with Crippen LogP contribution in [0.2, 0.25) is 0 Å². The van der Waals surface area contributed by atoms with Crippen LogP contribution in [0.1, 0.15) is 28.4 Å². The molecule has 96 valence electrons. The van der Waals surface area contributed by atoms with Crippen molar-refractivity contribution in [2.24, 2.45) is 5.10 Å². The molecule has 4 nitrogen and oxygen atoms in total. The largest absolute Gasteiger partial charge is 0.271 e. The maximum Gasteiger partial charge on any atom is 0.271 e. The summed E-state index contributed by atoms with van der Waals surface area (Å²) in [5, 5.41) is 4.08. The van der Waals surface area contributed by atoms with Gasteiger partial charge in [0, 0.05) is 23.5 Å². The van der Waals surface area contributed by atoms with Crippen LogP contribution >= 0.6 is 0 Å². The van der Waals surface area contributed by atoms with Gasteiger partial charge >= 0.3 is 0 Å². The Kier molecular flexibility index (Phi) is 4.03. The molecular weight excluding hydrogens is 238 g/mol. The van der Waals surface area contributed by atoms with E-state index in [0.717, 1.165) is 16.8 Å². The molecule has 0 spiro atoms. The number of nitrogens with zero attached hydrogens (tertiary/aromatic N) is 2. The molecule has 0 fully saturated rings. The van der Waals surface area contributed by atoms with Crippen LogP contribution in [0.4, 0.5) is 0 Å². The summed E-state index contributed by atoms with van der Waals surface area (Å²) in [6.45, 7) is 3.82. The second-order valence-corrected chi connectivity index (χ2v) is 4.24. The Morgan fingerprint density at radius 1 is 1.05 bits per heavy atom. The third kappa shape index (κ3) is 3.48. The van der Waals surface area contributed by atoms with Gasteiger partial charge in [-0.1, -0.05) is 17.7 Å². The molecule has 1 aromatic heterocycles. The standard InChI is InChI=1S/C15H15N3O/c1-11-3-5-14(6-4-11)15(19)18-17-12(2)13-7-9-16-10-8-13/h3-10H,1-2H3,(H,18,19). The Labute approximate surface area is 112 Å². The molecule has 4 heteroatoms. The Hall–Kier alpha value is -2.49. The van der Waals surface area contributed by atoms with Crippen LogP contribution in [0.25, 0.3) is 0 Å². The van der Waals surface area contributed by atoms with Gasteiger partial charge in [0.05, 0.1) is 5.71 Å². The minimum Gasteiger partial charge on any atom is -0.267 e. The van der Waals surface area contributed by atoms with Crippen molar-refractivity contribution in [1.29, 1.82) is 0 Å². The first-order valence-corrected chi connectivity index (χ1v) is 5.98. The molecule has 0 saturated carbocycles. The van der Waals surface area contributed by atoms with E-state index in [9.17, 15) is 4.79 Å². The Balaban J connectivity index is 2.06. The van der Waals surface area contributed by atoms with Crippen LogP contribution in [-0.4, -0.2) is 16.6 Å². The van der Waals surface area contributed by atoms with Crippen molar-refractivity contribution in [2.45, 2.75) is 13.8 Å². The lowest BCUT2D eigenvalue weighted by Gasteiger charge is -2.03. The highest BCUT2D eigenvalue weighted by atomic mass is 16.2. The fraction of sp³-hybridized carbons (Fsp3) is 0.133. The molecular formula is C15H15N3O. The fourth-order valence-electron chi connectivity index (χ4n) is 1.56. The van der Waals surface area contributed by atoms with E-state index in [4.69, 9.17) is 0 Å². The van der Waals surface area contributed by atoms with Gasteiger partial charge in [-0.2, -0.15) is 5.10 Å². The molecule has 0 saturated heterocycles. The maximum absolute atomic E-state index is 11.9. The van der Waals surface area contributed by atoms with Crippen molar-refractivity contribution < 1.29 is 4.79 Å². The second kappa shape index (κ2) is 5.91. The molecule has 1 aromatic carbocycles. The molecule has 0 aliphatic carbocycles. The number of aryl methyl sites for hydroxylation is 1. The average molecular weight is 253 g/mol. The lowest BCUT2D eigenvalue weighted by Crippen LogP contribution is -2.19. The fourth-order valence-corrected chi connectivity index (χ4v) is 1.56. The number of carbonyl (C=O) groups is 1. The molecule has 1 amide bonds. The number of pyridine rings is 1. The number of hydrogen-bond donors (Lipinski definition) is 1. The highest BCUT2D eigenvalue weighted by Crippen LogP contribution is 2.03. The first-order valence-electron chi connectivity index (χ1n) is 5.98. The highest BCUT2D eigenvalue weighted by molar-refractivity contribution is 6.00. The minimum absolute atomic E-state index is 0.214. The summed E-state index contributed by atoms with van der Waals surface area (Å²) in [5.74, 6) is -0.214. The van der Waals surface area contributed by atoms with Crippen LogP contribution in [0, 0.1) is 6.92 Å². The molecule has 0 aliphatic heterocycles. The molecule has 2 rings (SSSR count). The number of amides is 1. The monoisotopic (exact) mass is 253 g/mol. The quantitative estimate of drug-likeness (QED) is 0.675. The van der Waals surface area contributed by atoms with Crippen LogP contribution in [0.15, 0.2) is 53.9 Å². The van der Waals surface area contributed by atoms with Crippen molar-refractivity contribution in [3.63, 3.8) is 0 Å². The third-order valence-electron chi connectivity index (χ3n) is 2.74. The topological polar surface area (TPSA) is 54.4 Å². The third-order valence-corrected chi connectivity index (χ3v) is 2.74. The Morgan fingerprint density at radius 3 is 2.32 bits per heavy atom. The van der Waals surface area contributed by atoms with Gasteiger partial charge in [-0.05, 0) is 38.1 Å². The van der Waals surface area contributed by atoms with E-state index in [1.165, 1.54) is 0 Å². The normalized spacial score (nSPS) is 11.2. The zero-order valence-corrected chi connectivity index (χ0v) is 10.9. The zero-order chi connectivity index (χ0) is 13.7. The van der Waals surface area contributed by atoms with E-state index in [1.54, 1.807) is 24.5 Å². The Bertz CT molecular complexity index is 589. The van der Waals surface area contributed by atoms with E-state index in [2.05, 4.69) is 15.5 Å². The second-order valence-electron chi connectivity index (χ2n) is 4.24. The van der Waals surface area contributed by atoms with E-state index < -0.39 is 0 Å². The molecule has 0 atom stereocenters. The lowest BCUT2D eigenvalue weighted by molar-refractivity contribution is 0.0955. The summed E-state index contributed by atoms with van der Waals surface area (Å²) in [4.78, 5) is 15.8. The number of hydrazone groups is 1. The predicted molar refractivity (Wildman–Crippen MR) is 75.1 cm³/mol. The van der Waals surface area contributed by atoms with Gasteiger partial charge in [-0.15, -0.1) is 0 Å². The molecule has 1 heterocycles. The summed E-state index contributed by atoms with van der Waals surface area (Å²) in [5.41, 5.74) is 5.93. The Morgan fingerprint density at radius 2 is 1.68 bits per heavy atom. The van der Waals surface area contributed by atoms with Crippen molar-refractivity contribution in [1.82, 2.24) is 10.4 Å². The van der Waals surface area contributed by atoms with Gasteiger partial charge in [-0.3, -0.25) is 9.78 Å². The summed E-state index contributed by atoms with van der Waals surface area (Å²) in [6, 6.07) is 11.0. The number of rotatable bonds is 3. The number of carbonyl (C=O) groups excluding carboxylic acids is 1. The predicted octanol–water partition coefficient (Wildman–Crippen LogP) is 2.54. The molecule has 19 heavy (non-hydrogen) atoms. The van der Waals surface area contributed by atoms with Crippen molar-refractivity contribution >= 4 is 11.6 Å². The molecule has 1 N–H and O–H groups in total. The first-order chi connectivity index (χ1) is 9.16. The van der Waals surface area contributed by atoms with Crippen LogP contribution in [-0.2, 0) is 0 Å². The summed E-state index contributed by atoms with van der Waals surface area (Å²) in [6.07, 6.45) is 3.38. The summed E-state index contributed by atoms with van der Waals surface area (Å²) < 4.78 is 0. The lowest BCUT2D eigenvalue weighted by atomic mass is 10.1. The molecule has 0 bridgehead atoms. The number of hydrogen-bond acceptors (Lipinski definition) is 3. The minimum atomic E-state index is -0.214. The maximum atomic E-state index is 11.9. The van der Waals surface area contributed by atoms with Gasteiger partial charge in [-0.25, -0.2) is 5.43 Å². The average Bonchev–Trinajstić information content (AvgIpc) is 2.46. The van der Waals surface area contributed by atoms with Crippen molar-refractivity contribution in [3.8, 4) is 0 Å². The van der Waals surface area contributed by atoms with Crippen LogP contribution < -0.4 is 5.43 Å².